The first-order valence-corrected chi connectivity index (χ1v) is 10.9. The van der Waals surface area contributed by atoms with Gasteiger partial charge >= 0.3 is 0 Å². The number of hydrogen-bond acceptors (Lipinski definition) is 6. The molecular formula is C26H35NO5. The minimum absolute atomic E-state index is 0.388. The maximum Gasteiger partial charge on any atom is 0.129 e. The van der Waals surface area contributed by atoms with Crippen molar-refractivity contribution in [2.45, 2.75) is 40.5 Å². The van der Waals surface area contributed by atoms with Gasteiger partial charge in [0.25, 0.3) is 0 Å². The minimum Gasteiger partial charge on any atom is -0.494 e. The van der Waals surface area contributed by atoms with Gasteiger partial charge in [0, 0.05) is 0 Å². The van der Waals surface area contributed by atoms with E-state index in [9.17, 15) is 0 Å². The molecular weight excluding hydrogens is 406 g/mol. The van der Waals surface area contributed by atoms with Gasteiger partial charge in [0.05, 0.1) is 18.9 Å². The number of ether oxygens (including phenoxy) is 4. The average molecular weight is 442 g/mol. The lowest BCUT2D eigenvalue weighted by atomic mass is 10.1. The smallest absolute Gasteiger partial charge is 0.129 e. The van der Waals surface area contributed by atoms with Crippen LogP contribution in [0.25, 0.3) is 0 Å². The topological polar surface area (TPSA) is 58.5 Å². The third-order valence-corrected chi connectivity index (χ3v) is 4.59. The Morgan fingerprint density at radius 2 is 1.44 bits per heavy atom. The zero-order valence-electron chi connectivity index (χ0n) is 19.8. The predicted octanol–water partition coefficient (Wildman–Crippen LogP) is 5.90. The van der Waals surface area contributed by atoms with Gasteiger partial charge in [0.15, 0.2) is 0 Å². The molecule has 0 unspecified atom stereocenters. The Morgan fingerprint density at radius 1 is 0.844 bits per heavy atom. The Balaban J connectivity index is 1.67. The van der Waals surface area contributed by atoms with Crippen LogP contribution in [-0.2, 0) is 4.84 Å². The first-order valence-electron chi connectivity index (χ1n) is 10.9. The summed E-state index contributed by atoms with van der Waals surface area (Å²) in [7, 11) is 1.52. The van der Waals surface area contributed by atoms with E-state index in [4.69, 9.17) is 23.8 Å². The predicted molar refractivity (Wildman–Crippen MR) is 129 cm³/mol. The fourth-order valence-electron chi connectivity index (χ4n) is 3.03. The summed E-state index contributed by atoms with van der Waals surface area (Å²) in [4.78, 5) is 4.71. The van der Waals surface area contributed by atoms with E-state index >= 15 is 0 Å². The van der Waals surface area contributed by atoms with Crippen LogP contribution in [0.3, 0.4) is 0 Å². The van der Waals surface area contributed by atoms with E-state index in [-0.39, 0.29) is 0 Å². The molecule has 174 valence electrons. The Morgan fingerprint density at radius 3 is 2.03 bits per heavy atom. The fourth-order valence-corrected chi connectivity index (χ4v) is 3.03. The van der Waals surface area contributed by atoms with Gasteiger partial charge in [-0.3, -0.25) is 0 Å². The Labute approximate surface area is 191 Å². The molecule has 6 nitrogen and oxygen atoms in total. The molecule has 0 aliphatic rings. The second-order valence-corrected chi connectivity index (χ2v) is 7.44. The SMILES string of the molecule is C/C=C/COc1cc(C)c(OCCCCOc2ccc(OCC(C)=NOC)cc2)c(C)c1. The molecule has 0 aliphatic carbocycles. The Hall–Kier alpha value is -3.15. The summed E-state index contributed by atoms with van der Waals surface area (Å²) in [5.41, 5.74) is 2.94. The second kappa shape index (κ2) is 14.0. The first kappa shape index (κ1) is 25.1. The molecule has 0 radical (unpaired) electrons. The maximum absolute atomic E-state index is 6.02. The van der Waals surface area contributed by atoms with Crippen LogP contribution in [0.1, 0.15) is 37.8 Å². The molecule has 32 heavy (non-hydrogen) atoms. The normalized spacial score (nSPS) is 11.5. The molecule has 0 amide bonds. The van der Waals surface area contributed by atoms with Crippen molar-refractivity contribution in [3.05, 3.63) is 59.7 Å². The van der Waals surface area contributed by atoms with E-state index in [0.717, 1.165) is 52.7 Å². The summed E-state index contributed by atoms with van der Waals surface area (Å²) in [6.07, 6.45) is 5.79. The molecule has 0 heterocycles. The van der Waals surface area contributed by atoms with Crippen molar-refractivity contribution in [3.8, 4) is 23.0 Å². The van der Waals surface area contributed by atoms with Crippen LogP contribution >= 0.6 is 0 Å². The van der Waals surface area contributed by atoms with Gasteiger partial charge in [-0.2, -0.15) is 0 Å². The Bertz CT molecular complexity index is 851. The molecule has 2 aromatic rings. The number of oxime groups is 1. The molecule has 0 fully saturated rings. The molecule has 0 saturated heterocycles. The highest BCUT2D eigenvalue weighted by Crippen LogP contribution is 2.28. The fraction of sp³-hybridized carbons (Fsp3) is 0.423. The van der Waals surface area contributed by atoms with Crippen molar-refractivity contribution in [3.63, 3.8) is 0 Å². The second-order valence-electron chi connectivity index (χ2n) is 7.44. The highest BCUT2D eigenvalue weighted by molar-refractivity contribution is 5.82. The monoisotopic (exact) mass is 441 g/mol. The van der Waals surface area contributed by atoms with Crippen molar-refractivity contribution in [2.75, 3.05) is 33.5 Å². The molecule has 0 aliphatic heterocycles. The largest absolute Gasteiger partial charge is 0.494 e. The zero-order chi connectivity index (χ0) is 23.2. The third kappa shape index (κ3) is 8.92. The molecule has 0 atom stereocenters. The summed E-state index contributed by atoms with van der Waals surface area (Å²) >= 11 is 0. The van der Waals surface area contributed by atoms with Crippen LogP contribution in [0.2, 0.25) is 0 Å². The maximum atomic E-state index is 6.02. The highest BCUT2D eigenvalue weighted by atomic mass is 16.6. The summed E-state index contributed by atoms with van der Waals surface area (Å²) in [6, 6.07) is 11.6. The van der Waals surface area contributed by atoms with Gasteiger partial charge in [-0.1, -0.05) is 17.3 Å². The summed E-state index contributed by atoms with van der Waals surface area (Å²) in [5.74, 6) is 3.39. The molecule has 0 bridgehead atoms. The number of rotatable bonds is 14. The van der Waals surface area contributed by atoms with E-state index in [1.54, 1.807) is 0 Å². The number of allylic oxidation sites excluding steroid dienone is 1. The van der Waals surface area contributed by atoms with Gasteiger partial charge in [-0.25, -0.2) is 0 Å². The van der Waals surface area contributed by atoms with Crippen LogP contribution in [-0.4, -0.2) is 39.2 Å². The summed E-state index contributed by atoms with van der Waals surface area (Å²) in [6.45, 7) is 10.2. The molecule has 0 spiro atoms. The van der Waals surface area contributed by atoms with Crippen LogP contribution in [0, 0.1) is 13.8 Å². The standard InChI is InChI=1S/C26H35NO5/c1-6-7-14-30-25-17-20(2)26(21(3)18-25)31-16-9-8-15-29-23-10-12-24(13-11-23)32-19-22(4)27-28-5/h6-7,10-13,17-18H,8-9,14-16,19H2,1-5H3/b7-6+,27-22?. The molecule has 0 N–H and O–H groups in total. The van der Waals surface area contributed by atoms with Gasteiger partial charge in [0.1, 0.15) is 43.3 Å². The molecule has 0 aromatic heterocycles. The minimum atomic E-state index is 0.388. The first-order chi connectivity index (χ1) is 15.5. The molecule has 0 saturated carbocycles. The quantitative estimate of drug-likeness (QED) is 0.158. The van der Waals surface area contributed by atoms with Crippen LogP contribution in [0.5, 0.6) is 23.0 Å². The van der Waals surface area contributed by atoms with E-state index < -0.39 is 0 Å². The lowest BCUT2D eigenvalue weighted by molar-refractivity contribution is 0.209. The van der Waals surface area contributed by atoms with Crippen LogP contribution in [0.15, 0.2) is 53.7 Å². The molecule has 2 rings (SSSR count). The highest BCUT2D eigenvalue weighted by Gasteiger charge is 2.07. The van der Waals surface area contributed by atoms with Crippen LogP contribution in [0.4, 0.5) is 0 Å². The summed E-state index contributed by atoms with van der Waals surface area (Å²) < 4.78 is 23.2. The van der Waals surface area contributed by atoms with Gasteiger partial charge in [-0.15, -0.1) is 0 Å². The number of aryl methyl sites for hydroxylation is 2. The zero-order valence-corrected chi connectivity index (χ0v) is 19.8. The van der Waals surface area contributed by atoms with Gasteiger partial charge in [-0.05, 0) is 88.1 Å². The van der Waals surface area contributed by atoms with Gasteiger partial charge < -0.3 is 23.8 Å². The lowest BCUT2D eigenvalue weighted by Gasteiger charge is -2.14. The Kier molecular flexibility index (Phi) is 11.0. The number of unbranched alkanes of at least 4 members (excludes halogenated alkanes) is 1. The number of hydrogen-bond donors (Lipinski definition) is 0. The average Bonchev–Trinajstić information content (AvgIpc) is 2.77. The van der Waals surface area contributed by atoms with Crippen molar-refractivity contribution in [1.82, 2.24) is 0 Å². The van der Waals surface area contributed by atoms with Crippen molar-refractivity contribution in [1.29, 1.82) is 0 Å². The van der Waals surface area contributed by atoms with Gasteiger partial charge in [0.2, 0.25) is 0 Å². The third-order valence-electron chi connectivity index (χ3n) is 4.59. The van der Waals surface area contributed by atoms with Crippen molar-refractivity contribution in [2.24, 2.45) is 5.16 Å². The lowest BCUT2D eigenvalue weighted by Crippen LogP contribution is -2.07. The van der Waals surface area contributed by atoms with E-state index in [0.29, 0.717) is 26.4 Å². The number of nitrogens with zero attached hydrogens (tertiary/aromatic N) is 1. The van der Waals surface area contributed by atoms with E-state index in [1.165, 1.54) is 7.11 Å². The molecule has 2 aromatic carbocycles. The molecule has 6 heteroatoms. The van der Waals surface area contributed by atoms with E-state index in [2.05, 4.69) is 5.16 Å². The van der Waals surface area contributed by atoms with Crippen LogP contribution < -0.4 is 18.9 Å². The van der Waals surface area contributed by atoms with E-state index in [1.807, 2.05) is 76.2 Å². The number of benzene rings is 2. The van der Waals surface area contributed by atoms with Crippen molar-refractivity contribution >= 4 is 5.71 Å². The van der Waals surface area contributed by atoms with Crippen molar-refractivity contribution < 1.29 is 23.8 Å². The summed E-state index contributed by atoms with van der Waals surface area (Å²) in [5, 5.41) is 3.82.